The van der Waals surface area contributed by atoms with E-state index in [1.807, 2.05) is 12.1 Å². The van der Waals surface area contributed by atoms with Gasteiger partial charge in [-0.1, -0.05) is 29.8 Å². The average Bonchev–Trinajstić information content (AvgIpc) is 2.25. The zero-order chi connectivity index (χ0) is 12.0. The zero-order valence-electron chi connectivity index (χ0n) is 10.4. The van der Waals surface area contributed by atoms with Gasteiger partial charge in [-0.3, -0.25) is 4.99 Å². The van der Waals surface area contributed by atoms with Gasteiger partial charge in [0.05, 0.1) is 0 Å². The minimum Gasteiger partial charge on any atom is -0.384 e. The summed E-state index contributed by atoms with van der Waals surface area (Å²) in [5, 5.41) is 0. The molecule has 3 heteroatoms. The molecule has 3 nitrogen and oxygen atoms in total. The lowest BCUT2D eigenvalue weighted by Gasteiger charge is -2.07. The Morgan fingerprint density at radius 3 is 2.44 bits per heavy atom. The van der Waals surface area contributed by atoms with Crippen molar-refractivity contribution < 1.29 is 0 Å². The number of amidine groups is 1. The van der Waals surface area contributed by atoms with Crippen molar-refractivity contribution >= 4 is 5.84 Å². The van der Waals surface area contributed by atoms with Gasteiger partial charge in [0.25, 0.3) is 0 Å². The molecular weight excluding hydrogens is 198 g/mol. The number of aliphatic imine (C=N–C) groups is 1. The van der Waals surface area contributed by atoms with E-state index >= 15 is 0 Å². The van der Waals surface area contributed by atoms with Crippen LogP contribution in [0, 0.1) is 6.92 Å². The number of nitrogens with zero attached hydrogens (tertiary/aromatic N) is 2. The van der Waals surface area contributed by atoms with Crippen molar-refractivity contribution in [2.75, 3.05) is 27.2 Å². The molecule has 0 aliphatic rings. The first kappa shape index (κ1) is 12.7. The quantitative estimate of drug-likeness (QED) is 0.465. The van der Waals surface area contributed by atoms with Crippen molar-refractivity contribution in [3.05, 3.63) is 35.4 Å². The Bertz CT molecular complexity index is 339. The Balaban J connectivity index is 2.47. The molecule has 0 saturated carbocycles. The summed E-state index contributed by atoms with van der Waals surface area (Å²) in [7, 11) is 4.13. The summed E-state index contributed by atoms with van der Waals surface area (Å²) in [6.07, 6.45) is 1.04. The molecule has 0 amide bonds. The summed E-state index contributed by atoms with van der Waals surface area (Å²) in [5.41, 5.74) is 8.15. The molecule has 1 rings (SSSR count). The van der Waals surface area contributed by atoms with E-state index < -0.39 is 0 Å². The molecule has 0 aromatic heterocycles. The number of hydrogen-bond donors (Lipinski definition) is 1. The fourth-order valence-corrected chi connectivity index (χ4v) is 1.40. The van der Waals surface area contributed by atoms with Crippen LogP contribution in [0.1, 0.15) is 17.5 Å². The third kappa shape index (κ3) is 4.45. The van der Waals surface area contributed by atoms with E-state index in [1.54, 1.807) is 0 Å². The van der Waals surface area contributed by atoms with Gasteiger partial charge >= 0.3 is 0 Å². The fourth-order valence-electron chi connectivity index (χ4n) is 1.40. The number of benzene rings is 1. The topological polar surface area (TPSA) is 41.6 Å². The monoisotopic (exact) mass is 219 g/mol. The number of hydrogen-bond acceptors (Lipinski definition) is 2. The number of nitrogens with two attached hydrogens (primary N) is 1. The molecular formula is C13H21N3. The van der Waals surface area contributed by atoms with Crippen LogP contribution in [0.4, 0.5) is 0 Å². The van der Waals surface area contributed by atoms with Gasteiger partial charge in [0.2, 0.25) is 0 Å². The Morgan fingerprint density at radius 1 is 1.25 bits per heavy atom. The highest BCUT2D eigenvalue weighted by Gasteiger charge is 1.97. The van der Waals surface area contributed by atoms with Crippen LogP contribution in [-0.4, -0.2) is 37.9 Å². The number of aryl methyl sites for hydroxylation is 1. The van der Waals surface area contributed by atoms with Gasteiger partial charge < -0.3 is 10.6 Å². The van der Waals surface area contributed by atoms with Crippen LogP contribution in [-0.2, 0) is 0 Å². The maximum absolute atomic E-state index is 5.90. The van der Waals surface area contributed by atoms with Crippen molar-refractivity contribution in [2.24, 2.45) is 10.7 Å². The van der Waals surface area contributed by atoms with Crippen LogP contribution < -0.4 is 5.73 Å². The average molecular weight is 219 g/mol. The first-order valence-electron chi connectivity index (χ1n) is 5.61. The van der Waals surface area contributed by atoms with Gasteiger partial charge in [-0.2, -0.15) is 0 Å². The van der Waals surface area contributed by atoms with Crippen LogP contribution in [0.2, 0.25) is 0 Å². The smallest absolute Gasteiger partial charge is 0.125 e. The van der Waals surface area contributed by atoms with E-state index in [0.717, 1.165) is 25.1 Å². The van der Waals surface area contributed by atoms with E-state index in [9.17, 15) is 0 Å². The third-order valence-electron chi connectivity index (χ3n) is 2.39. The minimum atomic E-state index is 0.638. The van der Waals surface area contributed by atoms with Gasteiger partial charge in [0, 0.05) is 12.1 Å². The van der Waals surface area contributed by atoms with Crippen LogP contribution in [0.15, 0.2) is 29.3 Å². The maximum atomic E-state index is 5.90. The van der Waals surface area contributed by atoms with Crippen LogP contribution in [0.3, 0.4) is 0 Å². The van der Waals surface area contributed by atoms with Crippen LogP contribution >= 0.6 is 0 Å². The Labute approximate surface area is 98.0 Å². The molecule has 0 bridgehead atoms. The Morgan fingerprint density at radius 2 is 1.88 bits per heavy atom. The highest BCUT2D eigenvalue weighted by atomic mass is 15.0. The summed E-state index contributed by atoms with van der Waals surface area (Å²) >= 11 is 0. The van der Waals surface area contributed by atoms with E-state index in [-0.39, 0.29) is 0 Å². The molecule has 88 valence electrons. The lowest BCUT2D eigenvalue weighted by Crippen LogP contribution is -2.16. The van der Waals surface area contributed by atoms with Crippen molar-refractivity contribution in [3.63, 3.8) is 0 Å². The second kappa shape index (κ2) is 6.28. The van der Waals surface area contributed by atoms with Gasteiger partial charge in [-0.15, -0.1) is 0 Å². The number of rotatable bonds is 5. The van der Waals surface area contributed by atoms with Gasteiger partial charge in [0.15, 0.2) is 0 Å². The summed E-state index contributed by atoms with van der Waals surface area (Å²) in [6, 6.07) is 8.13. The van der Waals surface area contributed by atoms with Gasteiger partial charge in [-0.25, -0.2) is 0 Å². The molecule has 0 aliphatic carbocycles. The predicted molar refractivity (Wildman–Crippen MR) is 69.9 cm³/mol. The van der Waals surface area contributed by atoms with Crippen molar-refractivity contribution in [2.45, 2.75) is 13.3 Å². The molecule has 0 heterocycles. The Hall–Kier alpha value is -1.35. The van der Waals surface area contributed by atoms with Crippen molar-refractivity contribution in [1.29, 1.82) is 0 Å². The van der Waals surface area contributed by atoms with Gasteiger partial charge in [0.1, 0.15) is 5.84 Å². The van der Waals surface area contributed by atoms with E-state index in [2.05, 4.69) is 43.0 Å². The molecule has 0 saturated heterocycles. The normalized spacial score (nSPS) is 12.1. The summed E-state index contributed by atoms with van der Waals surface area (Å²) in [4.78, 5) is 6.51. The van der Waals surface area contributed by atoms with E-state index in [1.165, 1.54) is 5.56 Å². The fraction of sp³-hybridized carbons (Fsp3) is 0.462. The van der Waals surface area contributed by atoms with Crippen molar-refractivity contribution in [1.82, 2.24) is 4.90 Å². The second-order valence-electron chi connectivity index (χ2n) is 4.29. The summed E-state index contributed by atoms with van der Waals surface area (Å²) < 4.78 is 0. The predicted octanol–water partition coefficient (Wildman–Crippen LogP) is 1.65. The third-order valence-corrected chi connectivity index (χ3v) is 2.39. The highest BCUT2D eigenvalue weighted by Crippen LogP contribution is 2.02. The minimum absolute atomic E-state index is 0.638. The SMILES string of the molecule is Cc1ccc(C(N)=NCCCN(C)C)cc1. The van der Waals surface area contributed by atoms with E-state index in [0.29, 0.717) is 5.84 Å². The van der Waals surface area contributed by atoms with Crippen LogP contribution in [0.5, 0.6) is 0 Å². The molecule has 0 aliphatic heterocycles. The molecule has 0 fully saturated rings. The van der Waals surface area contributed by atoms with Gasteiger partial charge in [-0.05, 0) is 34.0 Å². The summed E-state index contributed by atoms with van der Waals surface area (Å²) in [5.74, 6) is 0.638. The molecule has 0 atom stereocenters. The largest absolute Gasteiger partial charge is 0.384 e. The Kier molecular flexibility index (Phi) is 4.99. The molecule has 0 spiro atoms. The second-order valence-corrected chi connectivity index (χ2v) is 4.29. The zero-order valence-corrected chi connectivity index (χ0v) is 10.4. The lowest BCUT2D eigenvalue weighted by molar-refractivity contribution is 0.403. The first-order valence-corrected chi connectivity index (χ1v) is 5.61. The standard InChI is InChI=1S/C13H21N3/c1-11-5-7-12(8-6-11)13(14)15-9-4-10-16(2)3/h5-8H,4,9-10H2,1-3H3,(H2,14,15). The molecule has 0 radical (unpaired) electrons. The van der Waals surface area contributed by atoms with Crippen LogP contribution in [0.25, 0.3) is 0 Å². The molecule has 1 aromatic rings. The molecule has 2 N–H and O–H groups in total. The highest BCUT2D eigenvalue weighted by molar-refractivity contribution is 5.97. The maximum Gasteiger partial charge on any atom is 0.125 e. The van der Waals surface area contributed by atoms with E-state index in [4.69, 9.17) is 5.73 Å². The molecule has 16 heavy (non-hydrogen) atoms. The molecule has 1 aromatic carbocycles. The molecule has 0 unspecified atom stereocenters. The van der Waals surface area contributed by atoms with Crippen molar-refractivity contribution in [3.8, 4) is 0 Å². The summed E-state index contributed by atoms with van der Waals surface area (Å²) in [6.45, 7) is 3.90. The first-order chi connectivity index (χ1) is 7.59. The lowest BCUT2D eigenvalue weighted by atomic mass is 10.1.